The molecule has 59 heavy (non-hydrogen) atoms. The molecule has 4 heterocycles. The number of aromatic nitrogens is 4. The molecule has 0 unspecified atom stereocenters. The number of thioether (sulfide) groups is 1. The molecule has 0 saturated carbocycles. The highest BCUT2D eigenvalue weighted by atomic mass is 32.2. The lowest BCUT2D eigenvalue weighted by molar-refractivity contribution is 0.349. The summed E-state index contributed by atoms with van der Waals surface area (Å²) in [6, 6.07) is 44.5. The minimum Gasteiger partial charge on any atom is -0.483 e. The molecule has 0 amide bonds. The Hall–Kier alpha value is -6.83. The lowest BCUT2D eigenvalue weighted by atomic mass is 9.99. The quantitative estimate of drug-likeness (QED) is 0.121. The van der Waals surface area contributed by atoms with Gasteiger partial charge in [0.15, 0.2) is 5.06 Å². The van der Waals surface area contributed by atoms with Crippen LogP contribution < -0.4 is 15.4 Å². The summed E-state index contributed by atoms with van der Waals surface area (Å²) in [6.45, 7) is 6.51. The van der Waals surface area contributed by atoms with E-state index in [4.69, 9.17) is 14.7 Å². The zero-order valence-electron chi connectivity index (χ0n) is 32.7. The zero-order valence-corrected chi connectivity index (χ0v) is 35.2. The largest absolute Gasteiger partial charge is 0.483 e. The first-order chi connectivity index (χ1) is 28.9. The van der Waals surface area contributed by atoms with Gasteiger partial charge in [-0.25, -0.2) is 19.9 Å². The number of anilines is 4. The number of nitrogens with one attached hydrogen (secondary N) is 2. The average Bonchev–Trinajstić information content (AvgIpc) is 3.84. The number of para-hydroxylation sites is 2. The molecule has 0 bridgehead atoms. The van der Waals surface area contributed by atoms with Crippen LogP contribution in [0.15, 0.2) is 138 Å². The molecular formula is C47H38N8OS3. The number of benzene rings is 4. The fourth-order valence-corrected chi connectivity index (χ4v) is 9.21. The van der Waals surface area contributed by atoms with Crippen molar-refractivity contribution in [3.05, 3.63) is 156 Å². The van der Waals surface area contributed by atoms with Gasteiger partial charge >= 0.3 is 0 Å². The molecule has 0 aliphatic heterocycles. The second-order valence-electron chi connectivity index (χ2n) is 13.0. The van der Waals surface area contributed by atoms with Crippen molar-refractivity contribution in [3.8, 4) is 60.6 Å². The van der Waals surface area contributed by atoms with Gasteiger partial charge in [-0.15, -0.1) is 23.1 Å². The molecule has 9 nitrogen and oxygen atoms in total. The minimum atomic E-state index is 0.493. The highest BCUT2D eigenvalue weighted by molar-refractivity contribution is 8.00. The third kappa shape index (κ3) is 9.49. The van der Waals surface area contributed by atoms with E-state index in [1.165, 1.54) is 16.9 Å². The van der Waals surface area contributed by atoms with Gasteiger partial charge in [0.25, 0.3) is 0 Å². The summed E-state index contributed by atoms with van der Waals surface area (Å²) in [7, 11) is 0. The molecule has 0 fully saturated rings. The Morgan fingerprint density at radius 1 is 0.610 bits per heavy atom. The second kappa shape index (κ2) is 19.1. The van der Waals surface area contributed by atoms with Crippen LogP contribution in [0.4, 0.5) is 23.3 Å². The highest BCUT2D eigenvalue weighted by Gasteiger charge is 2.24. The standard InChI is InChI=1S/C24H20N4OS.C23H18N4S2/c1-3-29-23-19(15-25)21(17-11-9-16(2)10-12-17)22(30-23)20-13-14-26-24(28-20)27-18-7-5-4-6-8-18;1-15-8-10-16(11-9-15)20-18(14-24)22(28-2)29-21(20)19-12-13-25-23(27-19)26-17-6-4-3-5-7-17/h4-14H,3H2,1-2H3,(H,26,27,28);3-13H,1-2H3,(H,25,26,27). The lowest BCUT2D eigenvalue weighted by Gasteiger charge is -2.08. The number of hydrogen-bond acceptors (Lipinski definition) is 12. The van der Waals surface area contributed by atoms with E-state index in [2.05, 4.69) is 63.9 Å². The van der Waals surface area contributed by atoms with E-state index in [9.17, 15) is 10.5 Å². The SMILES string of the molecule is CCOc1sc(-c2ccnc(Nc3ccccc3)n2)c(-c2ccc(C)cc2)c1C#N.CSc1sc(-c2ccnc(Nc3ccccc3)n2)c(-c2ccc(C)cc2)c1C#N. The average molecular weight is 827 g/mol. The number of thiophene rings is 2. The van der Waals surface area contributed by atoms with Crippen molar-refractivity contribution in [2.75, 3.05) is 23.5 Å². The topological polar surface area (TPSA) is 132 Å². The maximum atomic E-state index is 9.88. The van der Waals surface area contributed by atoms with Gasteiger partial charge in [-0.2, -0.15) is 10.5 Å². The molecule has 4 aromatic heterocycles. The summed E-state index contributed by atoms with van der Waals surface area (Å²) in [6.07, 6.45) is 5.47. The van der Waals surface area contributed by atoms with E-state index in [1.807, 2.05) is 117 Å². The van der Waals surface area contributed by atoms with E-state index in [-0.39, 0.29) is 0 Å². The summed E-state index contributed by atoms with van der Waals surface area (Å²) in [4.78, 5) is 20.0. The van der Waals surface area contributed by atoms with Crippen LogP contribution in [0, 0.1) is 36.5 Å². The lowest BCUT2D eigenvalue weighted by Crippen LogP contribution is -1.97. The summed E-state index contributed by atoms with van der Waals surface area (Å²) in [5.74, 6) is 1.03. The van der Waals surface area contributed by atoms with E-state index < -0.39 is 0 Å². The first kappa shape index (κ1) is 40.4. The Morgan fingerprint density at radius 2 is 1.07 bits per heavy atom. The molecule has 0 radical (unpaired) electrons. The van der Waals surface area contributed by atoms with Gasteiger partial charge in [0, 0.05) is 34.9 Å². The van der Waals surface area contributed by atoms with Crippen LogP contribution in [-0.2, 0) is 0 Å². The van der Waals surface area contributed by atoms with Gasteiger partial charge in [-0.3, -0.25) is 0 Å². The minimum absolute atomic E-state index is 0.493. The van der Waals surface area contributed by atoms with Crippen molar-refractivity contribution >= 4 is 57.7 Å². The summed E-state index contributed by atoms with van der Waals surface area (Å²) in [5, 5.41) is 26.8. The van der Waals surface area contributed by atoms with Crippen molar-refractivity contribution in [2.24, 2.45) is 0 Å². The number of aryl methyl sites for hydroxylation is 2. The van der Waals surface area contributed by atoms with Gasteiger partial charge in [0.05, 0.1) is 37.5 Å². The summed E-state index contributed by atoms with van der Waals surface area (Å²) < 4.78 is 6.77. The van der Waals surface area contributed by atoms with E-state index in [1.54, 1.807) is 35.5 Å². The maximum absolute atomic E-state index is 9.88. The first-order valence-electron chi connectivity index (χ1n) is 18.6. The number of nitriles is 2. The Labute approximate surface area is 356 Å². The van der Waals surface area contributed by atoms with Gasteiger partial charge in [-0.1, -0.05) is 107 Å². The van der Waals surface area contributed by atoms with Gasteiger partial charge in [0.1, 0.15) is 17.7 Å². The fraction of sp³-hybridized carbons (Fsp3) is 0.106. The van der Waals surface area contributed by atoms with Crippen LogP contribution in [0.5, 0.6) is 5.06 Å². The molecule has 0 aliphatic rings. The van der Waals surface area contributed by atoms with Crippen LogP contribution in [-0.4, -0.2) is 32.8 Å². The molecule has 0 saturated heterocycles. The number of ether oxygens (including phenoxy) is 1. The molecule has 290 valence electrons. The van der Waals surface area contributed by atoms with Crippen molar-refractivity contribution in [1.29, 1.82) is 10.5 Å². The predicted octanol–water partition coefficient (Wildman–Crippen LogP) is 12.7. The zero-order chi connectivity index (χ0) is 41.1. The van der Waals surface area contributed by atoms with Crippen molar-refractivity contribution < 1.29 is 4.74 Å². The molecular weight excluding hydrogens is 789 g/mol. The Balaban J connectivity index is 0.000000179. The van der Waals surface area contributed by atoms with Crippen LogP contribution in [0.2, 0.25) is 0 Å². The number of rotatable bonds is 11. The second-order valence-corrected chi connectivity index (χ2v) is 16.1. The molecule has 0 aliphatic carbocycles. The Morgan fingerprint density at radius 3 is 1.51 bits per heavy atom. The fourth-order valence-electron chi connectivity index (χ4n) is 6.14. The number of nitrogens with zero attached hydrogens (tertiary/aromatic N) is 6. The van der Waals surface area contributed by atoms with Crippen molar-refractivity contribution in [3.63, 3.8) is 0 Å². The molecule has 2 N–H and O–H groups in total. The van der Waals surface area contributed by atoms with E-state index >= 15 is 0 Å². The van der Waals surface area contributed by atoms with Crippen LogP contribution in [0.25, 0.3) is 43.4 Å². The van der Waals surface area contributed by atoms with Crippen molar-refractivity contribution in [1.82, 2.24) is 19.9 Å². The summed E-state index contributed by atoms with van der Waals surface area (Å²) >= 11 is 4.63. The monoisotopic (exact) mass is 826 g/mol. The molecule has 8 aromatic rings. The van der Waals surface area contributed by atoms with Crippen LogP contribution >= 0.6 is 34.4 Å². The maximum Gasteiger partial charge on any atom is 0.227 e. The molecule has 8 rings (SSSR count). The molecule has 4 aromatic carbocycles. The highest BCUT2D eigenvalue weighted by Crippen LogP contribution is 2.47. The molecule has 0 atom stereocenters. The first-order valence-corrected chi connectivity index (χ1v) is 21.5. The Bertz CT molecular complexity index is 2760. The third-order valence-corrected chi connectivity index (χ3v) is 12.4. The van der Waals surface area contributed by atoms with Gasteiger partial charge < -0.3 is 15.4 Å². The van der Waals surface area contributed by atoms with Crippen LogP contribution in [0.3, 0.4) is 0 Å². The normalized spacial score (nSPS) is 10.5. The van der Waals surface area contributed by atoms with Gasteiger partial charge in [0.2, 0.25) is 11.9 Å². The third-order valence-electron chi connectivity index (χ3n) is 8.95. The van der Waals surface area contributed by atoms with Crippen LogP contribution in [0.1, 0.15) is 29.2 Å². The van der Waals surface area contributed by atoms with Gasteiger partial charge in [-0.05, 0) is 74.6 Å². The Kier molecular flexibility index (Phi) is 13.1. The number of hydrogen-bond donors (Lipinski definition) is 2. The molecule has 12 heteroatoms. The van der Waals surface area contributed by atoms with E-state index in [0.717, 1.165) is 64.5 Å². The molecule has 0 spiro atoms. The van der Waals surface area contributed by atoms with E-state index in [0.29, 0.717) is 34.7 Å². The smallest absolute Gasteiger partial charge is 0.227 e. The predicted molar refractivity (Wildman–Crippen MR) is 243 cm³/mol. The summed E-state index contributed by atoms with van der Waals surface area (Å²) in [5.41, 5.74) is 10.7. The van der Waals surface area contributed by atoms with Crippen molar-refractivity contribution in [2.45, 2.75) is 25.0 Å².